The third kappa shape index (κ3) is 5.11. The van der Waals surface area contributed by atoms with Crippen molar-refractivity contribution in [1.82, 2.24) is 10.6 Å². The van der Waals surface area contributed by atoms with Gasteiger partial charge in [-0.3, -0.25) is 9.59 Å². The highest BCUT2D eigenvalue weighted by Gasteiger charge is 2.09. The lowest BCUT2D eigenvalue weighted by Gasteiger charge is -2.09. The predicted octanol–water partition coefficient (Wildman–Crippen LogP) is 3.00. The summed E-state index contributed by atoms with van der Waals surface area (Å²) >= 11 is 6.02. The number of hydrogen-bond donors (Lipinski definition) is 2. The summed E-state index contributed by atoms with van der Waals surface area (Å²) in [5.41, 5.74) is 3.42. The molecule has 0 spiro atoms. The molecule has 0 aromatic heterocycles. The fourth-order valence-electron chi connectivity index (χ4n) is 2.27. The molecule has 2 aromatic rings. The number of carbonyl (C=O) groups excluding carboxylic acids is 2. The van der Waals surface area contributed by atoms with Crippen LogP contribution in [0, 0.1) is 13.8 Å². The van der Waals surface area contributed by atoms with E-state index in [2.05, 4.69) is 10.6 Å². The number of rotatable bonds is 5. The maximum atomic E-state index is 12.1. The van der Waals surface area contributed by atoms with Gasteiger partial charge in [0, 0.05) is 17.1 Å². The molecule has 0 fully saturated rings. The Morgan fingerprint density at radius 3 is 2.30 bits per heavy atom. The van der Waals surface area contributed by atoms with Gasteiger partial charge in [-0.2, -0.15) is 0 Å². The summed E-state index contributed by atoms with van der Waals surface area (Å²) in [6.45, 7) is 4.12. The van der Waals surface area contributed by atoms with Crippen molar-refractivity contribution in [3.05, 3.63) is 69.7 Å². The molecule has 23 heavy (non-hydrogen) atoms. The van der Waals surface area contributed by atoms with Gasteiger partial charge in [0.25, 0.3) is 5.91 Å². The molecule has 0 radical (unpaired) electrons. The molecule has 0 aliphatic rings. The number of halogens is 1. The number of hydrogen-bond acceptors (Lipinski definition) is 2. The Hall–Kier alpha value is -2.33. The summed E-state index contributed by atoms with van der Waals surface area (Å²) in [5, 5.41) is 5.96. The van der Waals surface area contributed by atoms with Crippen LogP contribution in [0.2, 0.25) is 5.02 Å². The molecular weight excluding hydrogens is 312 g/mol. The topological polar surface area (TPSA) is 58.2 Å². The van der Waals surface area contributed by atoms with Gasteiger partial charge in [-0.1, -0.05) is 47.0 Å². The molecule has 0 unspecified atom stereocenters. The summed E-state index contributed by atoms with van der Waals surface area (Å²) < 4.78 is 0. The van der Waals surface area contributed by atoms with Crippen molar-refractivity contribution in [2.75, 3.05) is 6.54 Å². The van der Waals surface area contributed by atoms with E-state index in [1.165, 1.54) is 0 Å². The van der Waals surface area contributed by atoms with E-state index in [0.29, 0.717) is 17.1 Å². The number of nitrogens with one attached hydrogen (secondary N) is 2. The summed E-state index contributed by atoms with van der Waals surface area (Å²) in [5.74, 6) is -0.521. The van der Waals surface area contributed by atoms with E-state index in [1.807, 2.05) is 38.1 Å². The molecule has 0 aliphatic heterocycles. The predicted molar refractivity (Wildman–Crippen MR) is 91.5 cm³/mol. The van der Waals surface area contributed by atoms with Gasteiger partial charge in [-0.05, 0) is 37.6 Å². The minimum Gasteiger partial charge on any atom is -0.350 e. The third-order valence-electron chi connectivity index (χ3n) is 3.33. The van der Waals surface area contributed by atoms with Gasteiger partial charge in [0.05, 0.1) is 6.54 Å². The van der Waals surface area contributed by atoms with Crippen LogP contribution in [0.4, 0.5) is 0 Å². The summed E-state index contributed by atoms with van der Waals surface area (Å²) in [6.07, 6.45) is 0. The van der Waals surface area contributed by atoms with Crippen molar-refractivity contribution < 1.29 is 9.59 Å². The van der Waals surface area contributed by atoms with Crippen LogP contribution in [0.3, 0.4) is 0 Å². The van der Waals surface area contributed by atoms with E-state index in [4.69, 9.17) is 11.6 Å². The van der Waals surface area contributed by atoms with Gasteiger partial charge >= 0.3 is 0 Å². The Balaban J connectivity index is 1.84. The molecule has 0 aliphatic carbocycles. The Kier molecular flexibility index (Phi) is 5.77. The largest absolute Gasteiger partial charge is 0.350 e. The summed E-state index contributed by atoms with van der Waals surface area (Å²) in [4.78, 5) is 23.9. The third-order valence-corrected chi connectivity index (χ3v) is 3.70. The molecule has 0 atom stereocenters. The first-order chi connectivity index (χ1) is 11.0. The molecule has 0 bridgehead atoms. The molecule has 2 aromatic carbocycles. The average molecular weight is 331 g/mol. The van der Waals surface area contributed by atoms with Crippen molar-refractivity contribution in [3.63, 3.8) is 0 Å². The number of benzene rings is 2. The number of amides is 2. The second-order valence-electron chi connectivity index (χ2n) is 5.43. The lowest BCUT2D eigenvalue weighted by atomic mass is 10.1. The standard InChI is InChI=1S/C18H19ClN2O2/c1-12-7-13(2)9-15(8-12)18(23)21-11-17(22)20-10-14-5-3-4-6-16(14)19/h3-9H,10-11H2,1-2H3,(H,20,22)(H,21,23). The molecule has 2 N–H and O–H groups in total. The molecule has 2 amide bonds. The van der Waals surface area contributed by atoms with Gasteiger partial charge in [0.1, 0.15) is 0 Å². The minimum atomic E-state index is -0.261. The van der Waals surface area contributed by atoms with Crippen LogP contribution in [0.15, 0.2) is 42.5 Å². The SMILES string of the molecule is Cc1cc(C)cc(C(=O)NCC(=O)NCc2ccccc2Cl)c1. The van der Waals surface area contributed by atoms with Crippen LogP contribution < -0.4 is 10.6 Å². The first-order valence-corrected chi connectivity index (χ1v) is 7.70. The van der Waals surface area contributed by atoms with Crippen molar-refractivity contribution in [2.45, 2.75) is 20.4 Å². The van der Waals surface area contributed by atoms with E-state index >= 15 is 0 Å². The highest BCUT2D eigenvalue weighted by Crippen LogP contribution is 2.14. The molecule has 0 heterocycles. The molecule has 120 valence electrons. The van der Waals surface area contributed by atoms with Crippen LogP contribution in [0.25, 0.3) is 0 Å². The maximum Gasteiger partial charge on any atom is 0.251 e. The molecule has 0 saturated carbocycles. The van der Waals surface area contributed by atoms with Crippen LogP contribution in [0.5, 0.6) is 0 Å². The quantitative estimate of drug-likeness (QED) is 0.885. The normalized spacial score (nSPS) is 10.2. The summed E-state index contributed by atoms with van der Waals surface area (Å²) in [7, 11) is 0. The van der Waals surface area contributed by atoms with E-state index in [1.54, 1.807) is 18.2 Å². The second kappa shape index (κ2) is 7.79. The van der Waals surface area contributed by atoms with Gasteiger partial charge in [-0.15, -0.1) is 0 Å². The van der Waals surface area contributed by atoms with Crippen LogP contribution in [-0.4, -0.2) is 18.4 Å². The Morgan fingerprint density at radius 2 is 1.65 bits per heavy atom. The zero-order chi connectivity index (χ0) is 16.8. The van der Waals surface area contributed by atoms with Gasteiger partial charge in [0.2, 0.25) is 5.91 Å². The van der Waals surface area contributed by atoms with Gasteiger partial charge in [0.15, 0.2) is 0 Å². The van der Waals surface area contributed by atoms with E-state index in [9.17, 15) is 9.59 Å². The Bertz CT molecular complexity index is 708. The lowest BCUT2D eigenvalue weighted by Crippen LogP contribution is -2.36. The minimum absolute atomic E-state index is 0.0731. The molecule has 5 heteroatoms. The van der Waals surface area contributed by atoms with E-state index < -0.39 is 0 Å². The molecule has 0 saturated heterocycles. The first-order valence-electron chi connectivity index (χ1n) is 7.32. The van der Waals surface area contributed by atoms with Crippen molar-refractivity contribution >= 4 is 23.4 Å². The molecular formula is C18H19ClN2O2. The molecule has 2 rings (SSSR count). The maximum absolute atomic E-state index is 12.1. The smallest absolute Gasteiger partial charge is 0.251 e. The number of aryl methyl sites for hydroxylation is 2. The monoisotopic (exact) mass is 330 g/mol. The fraction of sp³-hybridized carbons (Fsp3) is 0.222. The van der Waals surface area contributed by atoms with Gasteiger partial charge in [-0.25, -0.2) is 0 Å². The van der Waals surface area contributed by atoms with Crippen LogP contribution in [0.1, 0.15) is 27.0 Å². The fourth-order valence-corrected chi connectivity index (χ4v) is 2.47. The van der Waals surface area contributed by atoms with Crippen LogP contribution in [-0.2, 0) is 11.3 Å². The zero-order valence-electron chi connectivity index (χ0n) is 13.2. The van der Waals surface area contributed by atoms with E-state index in [0.717, 1.165) is 16.7 Å². The van der Waals surface area contributed by atoms with E-state index in [-0.39, 0.29) is 18.4 Å². The second-order valence-corrected chi connectivity index (χ2v) is 5.83. The van der Waals surface area contributed by atoms with Crippen molar-refractivity contribution in [1.29, 1.82) is 0 Å². The Morgan fingerprint density at radius 1 is 1.00 bits per heavy atom. The number of carbonyl (C=O) groups is 2. The zero-order valence-corrected chi connectivity index (χ0v) is 13.9. The molecule has 4 nitrogen and oxygen atoms in total. The van der Waals surface area contributed by atoms with Crippen molar-refractivity contribution in [2.24, 2.45) is 0 Å². The highest BCUT2D eigenvalue weighted by molar-refractivity contribution is 6.31. The average Bonchev–Trinajstić information content (AvgIpc) is 2.51. The van der Waals surface area contributed by atoms with Crippen molar-refractivity contribution in [3.8, 4) is 0 Å². The Labute approximate surface area is 140 Å². The summed E-state index contributed by atoms with van der Waals surface area (Å²) in [6, 6.07) is 12.9. The highest BCUT2D eigenvalue weighted by atomic mass is 35.5. The van der Waals surface area contributed by atoms with Gasteiger partial charge < -0.3 is 10.6 Å². The first kappa shape index (κ1) is 17.0. The van der Waals surface area contributed by atoms with Crippen LogP contribution >= 0.6 is 11.6 Å². The lowest BCUT2D eigenvalue weighted by molar-refractivity contribution is -0.120.